The summed E-state index contributed by atoms with van der Waals surface area (Å²) in [5.41, 5.74) is 0. The molecule has 0 aromatic carbocycles. The molecule has 16 nitrogen and oxygen atoms in total. The molecular weight excluding hydrogens is 568 g/mol. The lowest BCUT2D eigenvalue weighted by Crippen LogP contribution is -2.36. The van der Waals surface area contributed by atoms with Crippen molar-refractivity contribution >= 4 is 0 Å². The van der Waals surface area contributed by atoms with Crippen molar-refractivity contribution < 1.29 is 79.1 Å². The molecule has 0 rings (SSSR count). The number of hydrogen-bond acceptors (Lipinski definition) is 16. The fourth-order valence-electron chi connectivity index (χ4n) is 3.13. The molecule has 42 heavy (non-hydrogen) atoms. The summed E-state index contributed by atoms with van der Waals surface area (Å²) in [6.07, 6.45) is -5.75. The Balaban J connectivity index is 4.99. The predicted octanol–water partition coefficient (Wildman–Crippen LogP) is -4.22. The molecule has 0 aromatic rings. The highest BCUT2D eigenvalue weighted by atomic mass is 16.6. The minimum Gasteiger partial charge on any atom is -0.394 e. The van der Waals surface area contributed by atoms with E-state index in [9.17, 15) is 25.5 Å². The van der Waals surface area contributed by atoms with Gasteiger partial charge in [-0.3, -0.25) is 0 Å². The van der Waals surface area contributed by atoms with Gasteiger partial charge in [0.05, 0.1) is 105 Å². The summed E-state index contributed by atoms with van der Waals surface area (Å²) in [4.78, 5) is 0. The van der Waals surface area contributed by atoms with Crippen molar-refractivity contribution in [3.63, 3.8) is 0 Å². The van der Waals surface area contributed by atoms with Crippen LogP contribution in [-0.2, 0) is 33.2 Å². The first-order valence-corrected chi connectivity index (χ1v) is 14.2. The molecule has 9 N–H and O–H groups in total. The average molecular weight is 623 g/mol. The molecule has 0 aliphatic heterocycles. The lowest BCUT2D eigenvalue weighted by atomic mass is 10.2. The molecule has 0 bridgehead atoms. The van der Waals surface area contributed by atoms with E-state index in [0.29, 0.717) is 6.42 Å². The van der Waals surface area contributed by atoms with Gasteiger partial charge in [0.2, 0.25) is 0 Å². The van der Waals surface area contributed by atoms with Gasteiger partial charge in [0.25, 0.3) is 0 Å². The third-order valence-corrected chi connectivity index (χ3v) is 5.48. The highest BCUT2D eigenvalue weighted by Gasteiger charge is 2.19. The van der Waals surface area contributed by atoms with E-state index in [-0.39, 0.29) is 72.7 Å². The molecule has 0 aliphatic rings. The van der Waals surface area contributed by atoms with Crippen molar-refractivity contribution in [3.8, 4) is 0 Å². The SMILES string of the molecule is CCCC(O)COCC(COCC(COCC(COCC(O)CO)OCC(O)CO)OCC(O)CO)OCC(O)CO. The van der Waals surface area contributed by atoms with Crippen LogP contribution in [0.2, 0.25) is 0 Å². The van der Waals surface area contributed by atoms with Crippen LogP contribution < -0.4 is 0 Å². The van der Waals surface area contributed by atoms with E-state index in [1.54, 1.807) is 0 Å². The third-order valence-electron chi connectivity index (χ3n) is 5.48. The van der Waals surface area contributed by atoms with Gasteiger partial charge in [-0.25, -0.2) is 0 Å². The van der Waals surface area contributed by atoms with Crippen LogP contribution in [0.5, 0.6) is 0 Å². The Kier molecular flexibility index (Phi) is 27.5. The second kappa shape index (κ2) is 27.9. The van der Waals surface area contributed by atoms with Gasteiger partial charge in [0.15, 0.2) is 0 Å². The van der Waals surface area contributed by atoms with Gasteiger partial charge in [-0.15, -0.1) is 0 Å². The Morgan fingerprint density at radius 2 is 0.643 bits per heavy atom. The Hall–Kier alpha value is -0.640. The van der Waals surface area contributed by atoms with Gasteiger partial charge in [0.1, 0.15) is 42.7 Å². The molecule has 0 aromatic heterocycles. The second-order valence-corrected chi connectivity index (χ2v) is 9.80. The quantitative estimate of drug-likeness (QED) is 0.0355. The lowest BCUT2D eigenvalue weighted by Gasteiger charge is -2.24. The smallest absolute Gasteiger partial charge is 0.104 e. The van der Waals surface area contributed by atoms with Gasteiger partial charge >= 0.3 is 0 Å². The average Bonchev–Trinajstić information content (AvgIpc) is 2.99. The summed E-state index contributed by atoms with van der Waals surface area (Å²) in [6, 6.07) is 0. The predicted molar refractivity (Wildman–Crippen MR) is 146 cm³/mol. The number of rotatable bonds is 31. The molecular formula is C26H54O16. The highest BCUT2D eigenvalue weighted by molar-refractivity contribution is 4.65. The lowest BCUT2D eigenvalue weighted by molar-refractivity contribution is -0.131. The number of hydrogen-bond donors (Lipinski definition) is 9. The summed E-state index contributed by atoms with van der Waals surface area (Å²) in [5, 5.41) is 84.3. The van der Waals surface area contributed by atoms with Crippen LogP contribution in [0.3, 0.4) is 0 Å². The van der Waals surface area contributed by atoms with Crippen molar-refractivity contribution in [1.29, 1.82) is 0 Å². The van der Waals surface area contributed by atoms with Crippen LogP contribution in [0.4, 0.5) is 0 Å². The highest BCUT2D eigenvalue weighted by Crippen LogP contribution is 2.05. The molecule has 0 radical (unpaired) electrons. The van der Waals surface area contributed by atoms with Crippen LogP contribution in [-0.4, -0.2) is 194 Å². The molecule has 0 aliphatic carbocycles. The van der Waals surface area contributed by atoms with E-state index < -0.39 is 75.3 Å². The maximum Gasteiger partial charge on any atom is 0.104 e. The normalized spacial score (nSPS) is 17.9. The van der Waals surface area contributed by atoms with Crippen molar-refractivity contribution in [2.75, 3.05) is 99.1 Å². The summed E-state index contributed by atoms with van der Waals surface area (Å²) >= 11 is 0. The number of ether oxygens (including phenoxy) is 7. The van der Waals surface area contributed by atoms with Crippen LogP contribution in [0.1, 0.15) is 19.8 Å². The molecule has 16 heteroatoms. The van der Waals surface area contributed by atoms with Crippen molar-refractivity contribution in [2.45, 2.75) is 68.6 Å². The molecule has 0 saturated heterocycles. The molecule has 0 fully saturated rings. The standard InChI is InChI=1S/C26H54O16/c1-2-3-19(31)8-36-13-24(40-10-21(33)5-28)15-38-17-26(42-12-23(35)7-30)18-39-16-25(41-11-22(34)6-29)14-37-9-20(32)4-27/h19-35H,2-18H2,1H3. The van der Waals surface area contributed by atoms with E-state index in [0.717, 1.165) is 6.42 Å². The molecule has 254 valence electrons. The summed E-state index contributed by atoms with van der Waals surface area (Å²) in [7, 11) is 0. The fraction of sp³-hybridized carbons (Fsp3) is 1.00. The Morgan fingerprint density at radius 1 is 0.381 bits per heavy atom. The van der Waals surface area contributed by atoms with Gasteiger partial charge in [0, 0.05) is 0 Å². The van der Waals surface area contributed by atoms with E-state index in [4.69, 9.17) is 53.6 Å². The minimum absolute atomic E-state index is 0.00373. The summed E-state index contributed by atoms with van der Waals surface area (Å²) < 4.78 is 38.9. The van der Waals surface area contributed by atoms with E-state index in [1.807, 2.05) is 6.92 Å². The Bertz CT molecular complexity index is 576. The van der Waals surface area contributed by atoms with Crippen LogP contribution in [0, 0.1) is 0 Å². The van der Waals surface area contributed by atoms with Crippen LogP contribution in [0.25, 0.3) is 0 Å². The van der Waals surface area contributed by atoms with E-state index in [2.05, 4.69) is 0 Å². The fourth-order valence-corrected chi connectivity index (χ4v) is 3.13. The maximum atomic E-state index is 9.87. The van der Waals surface area contributed by atoms with Crippen molar-refractivity contribution in [3.05, 3.63) is 0 Å². The number of aliphatic hydroxyl groups is 9. The topological polar surface area (TPSA) is 247 Å². The molecule has 0 saturated carbocycles. The van der Waals surface area contributed by atoms with Crippen molar-refractivity contribution in [1.82, 2.24) is 0 Å². The minimum atomic E-state index is -1.13. The Labute approximate surface area is 247 Å². The van der Waals surface area contributed by atoms with Crippen LogP contribution >= 0.6 is 0 Å². The van der Waals surface area contributed by atoms with E-state index in [1.165, 1.54) is 0 Å². The largest absolute Gasteiger partial charge is 0.394 e. The van der Waals surface area contributed by atoms with Gasteiger partial charge in [-0.2, -0.15) is 0 Å². The molecule has 8 atom stereocenters. The number of aliphatic hydroxyl groups excluding tert-OH is 9. The molecule has 0 heterocycles. The van der Waals surface area contributed by atoms with Gasteiger partial charge < -0.3 is 79.1 Å². The maximum absolute atomic E-state index is 9.87. The zero-order valence-electron chi connectivity index (χ0n) is 24.5. The van der Waals surface area contributed by atoms with E-state index >= 15 is 0 Å². The van der Waals surface area contributed by atoms with Crippen molar-refractivity contribution in [2.24, 2.45) is 0 Å². The Morgan fingerprint density at radius 3 is 0.929 bits per heavy atom. The summed E-state index contributed by atoms with van der Waals surface area (Å²) in [5.74, 6) is 0. The van der Waals surface area contributed by atoms with Crippen LogP contribution in [0.15, 0.2) is 0 Å². The van der Waals surface area contributed by atoms with Gasteiger partial charge in [-0.05, 0) is 6.42 Å². The summed E-state index contributed by atoms with van der Waals surface area (Å²) in [6.45, 7) is -0.822. The molecule has 0 amide bonds. The first-order chi connectivity index (χ1) is 20.2. The monoisotopic (exact) mass is 622 g/mol. The molecule has 0 spiro atoms. The van der Waals surface area contributed by atoms with Gasteiger partial charge in [-0.1, -0.05) is 13.3 Å². The zero-order chi connectivity index (χ0) is 31.6. The third kappa shape index (κ3) is 23.8. The first kappa shape index (κ1) is 41.4. The first-order valence-electron chi connectivity index (χ1n) is 14.2. The molecule has 8 unspecified atom stereocenters. The zero-order valence-corrected chi connectivity index (χ0v) is 24.5. The second-order valence-electron chi connectivity index (χ2n) is 9.80.